The Morgan fingerprint density at radius 3 is 2.55 bits per heavy atom. The molecule has 1 aliphatic carbocycles. The maximum Gasteiger partial charge on any atom is 0.254 e. The minimum atomic E-state index is 0.0604. The van der Waals surface area contributed by atoms with E-state index in [1.165, 1.54) is 5.56 Å². The third-order valence-corrected chi connectivity index (χ3v) is 7.02. The molecule has 0 N–H and O–H groups in total. The molecule has 33 heavy (non-hydrogen) atoms. The molecule has 1 aromatic heterocycles. The summed E-state index contributed by atoms with van der Waals surface area (Å²) in [6.45, 7) is 3.32. The largest absolute Gasteiger partial charge is 0.496 e. The number of amides is 1. The van der Waals surface area contributed by atoms with Crippen molar-refractivity contribution in [2.45, 2.75) is 18.3 Å². The molecule has 0 radical (unpaired) electrons. The van der Waals surface area contributed by atoms with Gasteiger partial charge in [-0.2, -0.15) is 0 Å². The number of methoxy groups -OCH3 is 1. The van der Waals surface area contributed by atoms with Gasteiger partial charge in [-0.3, -0.25) is 4.79 Å². The number of nitrogens with zero attached hydrogens (tertiary/aromatic N) is 4. The Morgan fingerprint density at radius 1 is 1.06 bits per heavy atom. The number of morpholine rings is 1. The zero-order chi connectivity index (χ0) is 22.4. The number of benzene rings is 2. The van der Waals surface area contributed by atoms with Gasteiger partial charge in [-0.1, -0.05) is 24.3 Å². The van der Waals surface area contributed by atoms with Crippen LogP contribution in [0.1, 0.15) is 28.8 Å². The molecular weight excluding hydrogens is 416 g/mol. The smallest absolute Gasteiger partial charge is 0.254 e. The Bertz CT molecular complexity index is 1200. The highest BCUT2D eigenvalue weighted by molar-refractivity contribution is 5.96. The molecule has 7 heteroatoms. The number of ether oxygens (including phenoxy) is 2. The van der Waals surface area contributed by atoms with Gasteiger partial charge >= 0.3 is 0 Å². The third-order valence-electron chi connectivity index (χ3n) is 7.02. The minimum Gasteiger partial charge on any atom is -0.496 e. The number of rotatable bonds is 4. The van der Waals surface area contributed by atoms with E-state index in [2.05, 4.69) is 11.0 Å². The van der Waals surface area contributed by atoms with Crippen LogP contribution in [0.3, 0.4) is 0 Å². The predicted octanol–water partition coefficient (Wildman–Crippen LogP) is 3.81. The summed E-state index contributed by atoms with van der Waals surface area (Å²) in [5.41, 5.74) is 5.11. The first-order chi connectivity index (χ1) is 16.2. The summed E-state index contributed by atoms with van der Waals surface area (Å²) >= 11 is 0. The molecule has 2 fully saturated rings. The quantitative estimate of drug-likeness (QED) is 0.612. The van der Waals surface area contributed by atoms with Crippen molar-refractivity contribution in [1.29, 1.82) is 0 Å². The molecule has 168 valence electrons. The molecular formula is C26H26N4O3. The standard InChI is InChI=1S/C26H26N4O3/c1-32-23-5-3-2-4-20(23)19-15-27-25(28-16-19)30-17-26(8-9-26)21-7-6-18(14-22(21)30)24(31)29-10-12-33-13-11-29/h2-7,14-16H,8-13,17H2,1H3. The van der Waals surface area contributed by atoms with Crippen molar-refractivity contribution in [2.24, 2.45) is 0 Å². The first-order valence-electron chi connectivity index (χ1n) is 11.4. The maximum absolute atomic E-state index is 13.1. The molecule has 7 nitrogen and oxygen atoms in total. The van der Waals surface area contributed by atoms with Crippen molar-refractivity contribution >= 4 is 17.5 Å². The van der Waals surface area contributed by atoms with Crippen molar-refractivity contribution < 1.29 is 14.3 Å². The molecule has 0 unspecified atom stereocenters. The number of carbonyl (C=O) groups is 1. The van der Waals surface area contributed by atoms with Gasteiger partial charge in [0.25, 0.3) is 5.91 Å². The van der Waals surface area contributed by atoms with E-state index >= 15 is 0 Å². The van der Waals surface area contributed by atoms with Crippen LogP contribution in [0.25, 0.3) is 11.1 Å². The molecule has 0 atom stereocenters. The van der Waals surface area contributed by atoms with Crippen LogP contribution in [0.5, 0.6) is 5.75 Å². The molecule has 3 heterocycles. The number of hydrogen-bond donors (Lipinski definition) is 0. The van der Waals surface area contributed by atoms with Crippen LogP contribution in [0.2, 0.25) is 0 Å². The fraction of sp³-hybridized carbons (Fsp3) is 0.346. The van der Waals surface area contributed by atoms with Crippen molar-refractivity contribution in [3.63, 3.8) is 0 Å². The van der Waals surface area contributed by atoms with Gasteiger partial charge in [-0.25, -0.2) is 9.97 Å². The molecule has 6 rings (SSSR count). The van der Waals surface area contributed by atoms with Gasteiger partial charge in [-0.05, 0) is 36.6 Å². The Kier molecular flexibility index (Phi) is 4.80. The van der Waals surface area contributed by atoms with Gasteiger partial charge in [0.2, 0.25) is 5.95 Å². The second-order valence-corrected chi connectivity index (χ2v) is 8.97. The number of carbonyl (C=O) groups excluding carboxylic acids is 1. The topological polar surface area (TPSA) is 67.8 Å². The average molecular weight is 443 g/mol. The maximum atomic E-state index is 13.1. The summed E-state index contributed by atoms with van der Waals surface area (Å²) in [7, 11) is 1.67. The monoisotopic (exact) mass is 442 g/mol. The first kappa shape index (κ1) is 20.2. The lowest BCUT2D eigenvalue weighted by Crippen LogP contribution is -2.40. The van der Waals surface area contributed by atoms with E-state index in [0.29, 0.717) is 37.8 Å². The van der Waals surface area contributed by atoms with Gasteiger partial charge in [0.15, 0.2) is 0 Å². The lowest BCUT2D eigenvalue weighted by atomic mass is 9.97. The van der Waals surface area contributed by atoms with Crippen molar-refractivity contribution in [3.8, 4) is 16.9 Å². The highest BCUT2D eigenvalue weighted by Gasteiger charge is 2.52. The lowest BCUT2D eigenvalue weighted by Gasteiger charge is -2.27. The second kappa shape index (κ2) is 7.85. The van der Waals surface area contributed by atoms with Crippen LogP contribution in [-0.4, -0.2) is 60.7 Å². The SMILES string of the molecule is COc1ccccc1-c1cnc(N2CC3(CC3)c3ccc(C(=O)N4CCOCC4)cc32)nc1. The summed E-state index contributed by atoms with van der Waals surface area (Å²) < 4.78 is 10.9. The predicted molar refractivity (Wildman–Crippen MR) is 125 cm³/mol. The van der Waals surface area contributed by atoms with E-state index in [9.17, 15) is 4.79 Å². The van der Waals surface area contributed by atoms with Crippen LogP contribution in [0, 0.1) is 0 Å². The summed E-state index contributed by atoms with van der Waals surface area (Å²) in [5.74, 6) is 1.52. The normalized spacial score (nSPS) is 18.3. The van der Waals surface area contributed by atoms with Crippen molar-refractivity contribution in [1.82, 2.24) is 14.9 Å². The number of fused-ring (bicyclic) bond motifs is 2. The van der Waals surface area contributed by atoms with Gasteiger partial charge in [0.05, 0.1) is 20.3 Å². The van der Waals surface area contributed by atoms with E-state index in [0.717, 1.165) is 42.0 Å². The van der Waals surface area contributed by atoms with Gasteiger partial charge in [-0.15, -0.1) is 0 Å². The number of aromatic nitrogens is 2. The highest BCUT2D eigenvalue weighted by Crippen LogP contribution is 2.57. The van der Waals surface area contributed by atoms with Gasteiger partial charge < -0.3 is 19.3 Å². The summed E-state index contributed by atoms with van der Waals surface area (Å²) in [6, 6.07) is 14.0. The van der Waals surface area contributed by atoms with E-state index in [1.54, 1.807) is 7.11 Å². The van der Waals surface area contributed by atoms with Crippen molar-refractivity contribution in [3.05, 3.63) is 66.0 Å². The van der Waals surface area contributed by atoms with Gasteiger partial charge in [0.1, 0.15) is 5.75 Å². The van der Waals surface area contributed by atoms with E-state index < -0.39 is 0 Å². The number of hydrogen-bond acceptors (Lipinski definition) is 6. The van der Waals surface area contributed by atoms with Crippen LogP contribution < -0.4 is 9.64 Å². The molecule has 3 aromatic rings. The number of para-hydroxylation sites is 1. The van der Waals surface area contributed by atoms with Crippen molar-refractivity contribution in [2.75, 3.05) is 44.9 Å². The molecule has 2 aromatic carbocycles. The van der Waals surface area contributed by atoms with E-state index in [4.69, 9.17) is 19.4 Å². The Morgan fingerprint density at radius 2 is 1.82 bits per heavy atom. The molecule has 1 amide bonds. The van der Waals surface area contributed by atoms with Gasteiger partial charge in [0, 0.05) is 59.8 Å². The Hall–Kier alpha value is -3.45. The molecule has 1 saturated heterocycles. The summed E-state index contributed by atoms with van der Waals surface area (Å²) in [5, 5.41) is 0. The molecule has 0 bridgehead atoms. The highest BCUT2D eigenvalue weighted by atomic mass is 16.5. The molecule has 1 spiro atoms. The lowest BCUT2D eigenvalue weighted by molar-refractivity contribution is 0.0303. The minimum absolute atomic E-state index is 0.0604. The van der Waals surface area contributed by atoms with Crippen LogP contribution >= 0.6 is 0 Å². The second-order valence-electron chi connectivity index (χ2n) is 8.97. The fourth-order valence-corrected chi connectivity index (χ4v) is 5.00. The van der Waals surface area contributed by atoms with E-state index in [1.807, 2.05) is 53.7 Å². The Labute approximate surface area is 193 Å². The average Bonchev–Trinajstić information content (AvgIpc) is 3.60. The fourth-order valence-electron chi connectivity index (χ4n) is 5.00. The van der Waals surface area contributed by atoms with Crippen LogP contribution in [-0.2, 0) is 10.2 Å². The third kappa shape index (κ3) is 3.43. The van der Waals surface area contributed by atoms with Crippen LogP contribution in [0.4, 0.5) is 11.6 Å². The van der Waals surface area contributed by atoms with Crippen LogP contribution in [0.15, 0.2) is 54.9 Å². The zero-order valence-corrected chi connectivity index (χ0v) is 18.7. The number of anilines is 2. The summed E-state index contributed by atoms with van der Waals surface area (Å²) in [6.07, 6.45) is 6.01. The molecule has 1 saturated carbocycles. The zero-order valence-electron chi connectivity index (χ0n) is 18.7. The summed E-state index contributed by atoms with van der Waals surface area (Å²) in [4.78, 5) is 26.6. The molecule has 3 aliphatic rings. The first-order valence-corrected chi connectivity index (χ1v) is 11.4. The van der Waals surface area contributed by atoms with E-state index in [-0.39, 0.29) is 11.3 Å². The molecule has 2 aliphatic heterocycles. The Balaban J connectivity index is 1.33.